The standard InChI is InChI=1S/C18H17ClN2O4S/c1-18(2,10-3-4-12-13(7-10)24-9-23-12)20-17(22)14-8-11(21-25-14)15-5-6-16(19)26-15/h3-7,14H,8-9H2,1-2H3,(H,20,22). The molecule has 0 saturated heterocycles. The predicted molar refractivity (Wildman–Crippen MR) is 99.1 cm³/mol. The number of ether oxygens (including phenoxy) is 2. The molecule has 8 heteroatoms. The second kappa shape index (κ2) is 6.48. The lowest BCUT2D eigenvalue weighted by Gasteiger charge is -2.28. The summed E-state index contributed by atoms with van der Waals surface area (Å²) < 4.78 is 11.4. The van der Waals surface area contributed by atoms with Crippen molar-refractivity contribution in [1.29, 1.82) is 0 Å². The van der Waals surface area contributed by atoms with Crippen molar-refractivity contribution >= 4 is 34.6 Å². The van der Waals surface area contributed by atoms with Crippen molar-refractivity contribution in [1.82, 2.24) is 5.32 Å². The van der Waals surface area contributed by atoms with Gasteiger partial charge in [-0.3, -0.25) is 4.79 Å². The van der Waals surface area contributed by atoms with E-state index in [0.29, 0.717) is 22.3 Å². The average molecular weight is 393 g/mol. The maximum Gasteiger partial charge on any atom is 0.265 e. The zero-order chi connectivity index (χ0) is 18.3. The zero-order valence-electron chi connectivity index (χ0n) is 14.2. The second-order valence-corrected chi connectivity index (χ2v) is 8.34. The topological polar surface area (TPSA) is 69.2 Å². The Morgan fingerprint density at radius 3 is 2.85 bits per heavy atom. The zero-order valence-corrected chi connectivity index (χ0v) is 15.8. The summed E-state index contributed by atoms with van der Waals surface area (Å²) in [6.07, 6.45) is -0.237. The molecule has 1 aromatic carbocycles. The maximum atomic E-state index is 12.7. The minimum absolute atomic E-state index is 0.214. The Morgan fingerprint density at radius 2 is 2.08 bits per heavy atom. The smallest absolute Gasteiger partial charge is 0.265 e. The Kier molecular flexibility index (Phi) is 4.28. The SMILES string of the molecule is CC(C)(NC(=O)C1CC(c2ccc(Cl)s2)=NO1)c1ccc2c(c1)OCO2. The highest BCUT2D eigenvalue weighted by Crippen LogP contribution is 2.36. The van der Waals surface area contributed by atoms with Gasteiger partial charge in [0.05, 0.1) is 14.8 Å². The van der Waals surface area contributed by atoms with Gasteiger partial charge in [-0.25, -0.2) is 0 Å². The predicted octanol–water partition coefficient (Wildman–Crippen LogP) is 3.67. The Hall–Kier alpha value is -2.25. The van der Waals surface area contributed by atoms with Gasteiger partial charge in [-0.05, 0) is 43.7 Å². The molecule has 1 amide bonds. The van der Waals surface area contributed by atoms with Gasteiger partial charge in [0.15, 0.2) is 11.5 Å². The fraction of sp³-hybridized carbons (Fsp3) is 0.333. The third kappa shape index (κ3) is 3.24. The first-order valence-electron chi connectivity index (χ1n) is 8.13. The van der Waals surface area contributed by atoms with E-state index in [1.165, 1.54) is 11.3 Å². The van der Waals surface area contributed by atoms with Crippen molar-refractivity contribution in [2.24, 2.45) is 5.16 Å². The first kappa shape index (κ1) is 17.2. The van der Waals surface area contributed by atoms with Gasteiger partial charge in [-0.15, -0.1) is 11.3 Å². The molecule has 2 aromatic rings. The van der Waals surface area contributed by atoms with E-state index in [2.05, 4.69) is 10.5 Å². The third-order valence-corrected chi connectivity index (χ3v) is 5.63. The van der Waals surface area contributed by atoms with Gasteiger partial charge in [-0.2, -0.15) is 0 Å². The molecule has 2 aliphatic rings. The summed E-state index contributed by atoms with van der Waals surface area (Å²) in [4.78, 5) is 18.9. The van der Waals surface area contributed by atoms with Gasteiger partial charge in [0, 0.05) is 6.42 Å². The number of benzene rings is 1. The minimum atomic E-state index is -0.654. The molecule has 1 aromatic heterocycles. The maximum absolute atomic E-state index is 12.7. The van der Waals surface area contributed by atoms with Crippen molar-refractivity contribution in [3.63, 3.8) is 0 Å². The summed E-state index contributed by atoms with van der Waals surface area (Å²) in [6, 6.07) is 9.33. The van der Waals surface area contributed by atoms with Gasteiger partial charge >= 0.3 is 0 Å². The van der Waals surface area contributed by atoms with Crippen LogP contribution in [0.1, 0.15) is 30.7 Å². The first-order valence-corrected chi connectivity index (χ1v) is 9.32. The average Bonchev–Trinajstić information content (AvgIpc) is 3.33. The number of oxime groups is 1. The van der Waals surface area contributed by atoms with Gasteiger partial charge in [0.2, 0.25) is 12.9 Å². The summed E-state index contributed by atoms with van der Waals surface area (Å²) in [5, 5.41) is 7.07. The van der Waals surface area contributed by atoms with Crippen LogP contribution in [0.4, 0.5) is 0 Å². The van der Waals surface area contributed by atoms with Crippen LogP contribution in [0.5, 0.6) is 11.5 Å². The number of thiophene rings is 1. The van der Waals surface area contributed by atoms with Crippen LogP contribution in [0.25, 0.3) is 0 Å². The van der Waals surface area contributed by atoms with Crippen LogP contribution in [0, 0.1) is 0 Å². The van der Waals surface area contributed by atoms with E-state index in [1.807, 2.05) is 38.1 Å². The van der Waals surface area contributed by atoms with E-state index in [0.717, 1.165) is 16.2 Å². The van der Waals surface area contributed by atoms with Crippen molar-refractivity contribution < 1.29 is 19.1 Å². The molecule has 3 heterocycles. The number of rotatable bonds is 4. The molecular formula is C18H17ClN2O4S. The third-order valence-electron chi connectivity index (χ3n) is 4.35. The quantitative estimate of drug-likeness (QED) is 0.861. The summed E-state index contributed by atoms with van der Waals surface area (Å²) in [7, 11) is 0. The number of carbonyl (C=O) groups excluding carboxylic acids is 1. The van der Waals surface area contributed by atoms with Crippen LogP contribution in [-0.4, -0.2) is 24.5 Å². The lowest BCUT2D eigenvalue weighted by atomic mass is 9.93. The van der Waals surface area contributed by atoms with Gasteiger partial charge in [-0.1, -0.05) is 22.8 Å². The van der Waals surface area contributed by atoms with Crippen LogP contribution in [0.15, 0.2) is 35.5 Å². The normalized spacial score (nSPS) is 18.4. The number of halogens is 1. The van der Waals surface area contributed by atoms with Crippen LogP contribution in [-0.2, 0) is 15.2 Å². The lowest BCUT2D eigenvalue weighted by molar-refractivity contribution is -0.133. The van der Waals surface area contributed by atoms with E-state index >= 15 is 0 Å². The van der Waals surface area contributed by atoms with Crippen LogP contribution in [0.2, 0.25) is 4.34 Å². The molecule has 136 valence electrons. The fourth-order valence-corrected chi connectivity index (χ4v) is 3.91. The highest BCUT2D eigenvalue weighted by atomic mass is 35.5. The molecule has 0 fully saturated rings. The second-order valence-electron chi connectivity index (χ2n) is 6.62. The highest BCUT2D eigenvalue weighted by Gasteiger charge is 2.34. The molecule has 1 atom stereocenters. The van der Waals surface area contributed by atoms with Gasteiger partial charge < -0.3 is 19.6 Å². The van der Waals surface area contributed by atoms with Crippen molar-refractivity contribution in [2.45, 2.75) is 31.9 Å². The van der Waals surface area contributed by atoms with Crippen molar-refractivity contribution in [2.75, 3.05) is 6.79 Å². The number of hydrogen-bond donors (Lipinski definition) is 1. The number of carbonyl (C=O) groups is 1. The largest absolute Gasteiger partial charge is 0.454 e. The highest BCUT2D eigenvalue weighted by molar-refractivity contribution is 7.18. The van der Waals surface area contributed by atoms with Gasteiger partial charge in [0.1, 0.15) is 5.71 Å². The Bertz CT molecular complexity index is 893. The molecule has 1 unspecified atom stereocenters. The van der Waals surface area contributed by atoms with Crippen LogP contribution in [0.3, 0.4) is 0 Å². The molecule has 2 aliphatic heterocycles. The lowest BCUT2D eigenvalue weighted by Crippen LogP contribution is -2.46. The molecule has 26 heavy (non-hydrogen) atoms. The molecule has 0 aliphatic carbocycles. The van der Waals surface area contributed by atoms with E-state index < -0.39 is 11.6 Å². The monoisotopic (exact) mass is 392 g/mol. The number of fused-ring (bicyclic) bond motifs is 1. The molecular weight excluding hydrogens is 376 g/mol. The van der Waals surface area contributed by atoms with E-state index in [4.69, 9.17) is 25.9 Å². The number of nitrogens with zero attached hydrogens (tertiary/aromatic N) is 1. The van der Waals surface area contributed by atoms with E-state index in [-0.39, 0.29) is 12.7 Å². The minimum Gasteiger partial charge on any atom is -0.454 e. The summed E-state index contributed by atoms with van der Waals surface area (Å²) in [5.74, 6) is 1.18. The molecule has 1 N–H and O–H groups in total. The summed E-state index contributed by atoms with van der Waals surface area (Å²) in [5.41, 5.74) is 1.05. The Morgan fingerprint density at radius 1 is 1.27 bits per heavy atom. The Labute approximate surface area is 159 Å². The number of amides is 1. The van der Waals surface area contributed by atoms with Crippen molar-refractivity contribution in [3.8, 4) is 11.5 Å². The number of hydrogen-bond acceptors (Lipinski definition) is 6. The molecule has 0 saturated carbocycles. The van der Waals surface area contributed by atoms with Crippen molar-refractivity contribution in [3.05, 3.63) is 45.1 Å². The molecule has 0 radical (unpaired) electrons. The van der Waals surface area contributed by atoms with Crippen LogP contribution >= 0.6 is 22.9 Å². The summed E-state index contributed by atoms with van der Waals surface area (Å²) in [6.45, 7) is 4.07. The molecule has 4 rings (SSSR count). The Balaban J connectivity index is 1.43. The van der Waals surface area contributed by atoms with Crippen LogP contribution < -0.4 is 14.8 Å². The van der Waals surface area contributed by atoms with E-state index in [9.17, 15) is 4.79 Å². The molecule has 6 nitrogen and oxygen atoms in total. The van der Waals surface area contributed by atoms with E-state index in [1.54, 1.807) is 6.07 Å². The summed E-state index contributed by atoms with van der Waals surface area (Å²) >= 11 is 7.37. The molecule has 0 bridgehead atoms. The van der Waals surface area contributed by atoms with Gasteiger partial charge in [0.25, 0.3) is 5.91 Å². The fourth-order valence-electron chi connectivity index (χ4n) is 2.88. The first-order chi connectivity index (χ1) is 12.4. The number of nitrogens with one attached hydrogen (secondary N) is 1. The molecule has 0 spiro atoms.